The Morgan fingerprint density at radius 1 is 0.972 bits per heavy atom. The number of rotatable bonds is 11. The summed E-state index contributed by atoms with van der Waals surface area (Å²) in [4.78, 5) is 26.0. The molecule has 0 heterocycles. The van der Waals surface area contributed by atoms with Crippen LogP contribution in [0, 0.1) is 0 Å². The van der Waals surface area contributed by atoms with Crippen molar-refractivity contribution in [3.05, 3.63) is 102 Å². The molecule has 0 N–H and O–H groups in total. The maximum Gasteiger partial charge on any atom is 0.306 e. The molecule has 0 aliphatic carbocycles. The quantitative estimate of drug-likeness (QED) is 0.366. The maximum atomic E-state index is 13.3. The van der Waals surface area contributed by atoms with E-state index in [1.165, 1.54) is 7.11 Å². The third-order valence-electron chi connectivity index (χ3n) is 5.21. The Hall–Kier alpha value is -3.95. The van der Waals surface area contributed by atoms with E-state index in [1.54, 1.807) is 77.7 Å². The van der Waals surface area contributed by atoms with Crippen LogP contribution in [0.2, 0.25) is 0 Å². The van der Waals surface area contributed by atoms with Crippen molar-refractivity contribution in [1.29, 1.82) is 0 Å². The average Bonchev–Trinajstić information content (AvgIpc) is 2.86. The van der Waals surface area contributed by atoms with Gasteiger partial charge in [-0.05, 0) is 47.5 Å². The Bertz CT molecular complexity index is 1300. The van der Waals surface area contributed by atoms with Gasteiger partial charge in [-0.1, -0.05) is 54.6 Å². The number of methoxy groups -OCH3 is 1. The predicted molar refractivity (Wildman–Crippen MR) is 135 cm³/mol. The fraction of sp³-hybridized carbons (Fsp3) is 0.185. The van der Waals surface area contributed by atoms with E-state index in [0.717, 1.165) is 17.4 Å². The van der Waals surface area contributed by atoms with Gasteiger partial charge >= 0.3 is 10.1 Å². The Morgan fingerprint density at radius 3 is 2.17 bits per heavy atom. The summed E-state index contributed by atoms with van der Waals surface area (Å²) in [7, 11) is -2.29. The minimum absolute atomic E-state index is 0.144. The number of hydrogen-bond donors (Lipinski definition) is 0. The molecule has 0 unspecified atom stereocenters. The predicted octanol–water partition coefficient (Wildman–Crippen LogP) is 2.69. The number of carbonyl (C=O) groups excluding carboxylic acids is 2. The van der Waals surface area contributed by atoms with Crippen LogP contribution in [0.15, 0.2) is 84.9 Å². The third kappa shape index (κ3) is 7.79. The van der Waals surface area contributed by atoms with Crippen LogP contribution in [-0.2, 0) is 26.1 Å². The molecular weight excluding hydrogens is 482 g/mol. The number of ether oxygens (including phenoxy) is 1. The molecule has 0 saturated carbocycles. The van der Waals surface area contributed by atoms with Crippen LogP contribution >= 0.6 is 0 Å². The summed E-state index contributed by atoms with van der Waals surface area (Å²) in [6, 6.07) is 22.4. The summed E-state index contributed by atoms with van der Waals surface area (Å²) in [5.74, 6) is -1.28. The number of aliphatic carboxylic acids is 1. The van der Waals surface area contributed by atoms with Gasteiger partial charge in [-0.3, -0.25) is 4.79 Å². The van der Waals surface area contributed by atoms with E-state index in [4.69, 9.17) is 8.92 Å². The molecule has 0 aromatic heterocycles. The van der Waals surface area contributed by atoms with E-state index in [9.17, 15) is 23.1 Å². The number of amides is 1. The van der Waals surface area contributed by atoms with E-state index >= 15 is 0 Å². The van der Waals surface area contributed by atoms with Crippen molar-refractivity contribution in [2.75, 3.05) is 24.8 Å². The van der Waals surface area contributed by atoms with Gasteiger partial charge < -0.3 is 23.7 Å². The van der Waals surface area contributed by atoms with Crippen LogP contribution < -0.4 is 14.2 Å². The van der Waals surface area contributed by atoms with Crippen molar-refractivity contribution in [1.82, 2.24) is 0 Å². The average molecular weight is 509 g/mol. The molecule has 3 rings (SSSR count). The van der Waals surface area contributed by atoms with Gasteiger partial charge in [-0.15, -0.1) is 0 Å². The zero-order valence-electron chi connectivity index (χ0n) is 19.9. The van der Waals surface area contributed by atoms with E-state index in [1.807, 2.05) is 18.2 Å². The molecule has 36 heavy (non-hydrogen) atoms. The first-order valence-electron chi connectivity index (χ1n) is 11.0. The molecule has 0 spiro atoms. The van der Waals surface area contributed by atoms with Crippen LogP contribution in [0.1, 0.15) is 21.5 Å². The van der Waals surface area contributed by atoms with Gasteiger partial charge in [0.15, 0.2) is 0 Å². The van der Waals surface area contributed by atoms with E-state index in [2.05, 4.69) is 0 Å². The number of benzene rings is 3. The van der Waals surface area contributed by atoms with Crippen LogP contribution in [0.4, 0.5) is 5.69 Å². The molecular formula is C27H26NO7S-. The standard InChI is InChI=1S/C27H27NO7S/c1-34-25(27(30)31)19-21-10-14-23(15-11-21)28(26(29)22-8-4-3-5-9-22)18-6-7-20-12-16-24(17-13-20)35-36(2,32)33/h3-17,25H,18-19H2,1-2H3,(H,30,31)/p-1/b7-6+/t25-/m0/s1. The Kier molecular flexibility index (Phi) is 8.99. The first kappa shape index (κ1) is 26.7. The summed E-state index contributed by atoms with van der Waals surface area (Å²) in [5, 5.41) is 11.1. The zero-order valence-corrected chi connectivity index (χ0v) is 20.7. The number of nitrogens with zero attached hydrogens (tertiary/aromatic N) is 1. The second-order valence-corrected chi connectivity index (χ2v) is 9.53. The van der Waals surface area contributed by atoms with Gasteiger partial charge in [-0.2, -0.15) is 8.42 Å². The van der Waals surface area contributed by atoms with Gasteiger partial charge in [0.1, 0.15) is 11.9 Å². The molecule has 1 amide bonds. The fourth-order valence-electron chi connectivity index (χ4n) is 3.43. The molecule has 3 aromatic rings. The van der Waals surface area contributed by atoms with E-state index < -0.39 is 22.2 Å². The zero-order chi connectivity index (χ0) is 26.1. The van der Waals surface area contributed by atoms with Crippen LogP contribution in [0.3, 0.4) is 0 Å². The van der Waals surface area contributed by atoms with Gasteiger partial charge in [0.05, 0.1) is 12.2 Å². The van der Waals surface area contributed by atoms with Crippen molar-refractivity contribution < 1.29 is 32.0 Å². The van der Waals surface area contributed by atoms with Crippen molar-refractivity contribution in [2.24, 2.45) is 0 Å². The number of anilines is 1. The Balaban J connectivity index is 1.79. The lowest BCUT2D eigenvalue weighted by Crippen LogP contribution is -2.38. The fourth-order valence-corrected chi connectivity index (χ4v) is 3.90. The molecule has 0 aliphatic heterocycles. The lowest BCUT2D eigenvalue weighted by atomic mass is 10.1. The first-order valence-corrected chi connectivity index (χ1v) is 12.8. The largest absolute Gasteiger partial charge is 0.547 e. The van der Waals surface area contributed by atoms with Crippen LogP contribution in [0.25, 0.3) is 6.08 Å². The minimum Gasteiger partial charge on any atom is -0.547 e. The Morgan fingerprint density at radius 2 is 1.61 bits per heavy atom. The molecule has 0 radical (unpaired) electrons. The highest BCUT2D eigenvalue weighted by molar-refractivity contribution is 7.86. The summed E-state index contributed by atoms with van der Waals surface area (Å²) < 4.78 is 32.3. The van der Waals surface area contributed by atoms with E-state index in [0.29, 0.717) is 11.3 Å². The molecule has 188 valence electrons. The summed E-state index contributed by atoms with van der Waals surface area (Å²) >= 11 is 0. The highest BCUT2D eigenvalue weighted by Crippen LogP contribution is 2.20. The second-order valence-electron chi connectivity index (χ2n) is 7.95. The summed E-state index contributed by atoms with van der Waals surface area (Å²) in [5.41, 5.74) is 2.69. The molecule has 3 aromatic carbocycles. The molecule has 0 bridgehead atoms. The van der Waals surface area contributed by atoms with E-state index in [-0.39, 0.29) is 24.6 Å². The minimum atomic E-state index is -3.60. The molecule has 1 atom stereocenters. The SMILES string of the molecule is CO[C@@H](Cc1ccc(N(C/C=C/c2ccc(OS(C)(=O)=O)cc2)C(=O)c2ccccc2)cc1)C(=O)[O-]. The molecule has 0 saturated heterocycles. The number of hydrogen-bond acceptors (Lipinski definition) is 7. The summed E-state index contributed by atoms with van der Waals surface area (Å²) in [6.45, 7) is 0.258. The number of carbonyl (C=O) groups is 2. The van der Waals surface area contributed by atoms with Crippen molar-refractivity contribution in [3.63, 3.8) is 0 Å². The van der Waals surface area contributed by atoms with Gasteiger partial charge in [-0.25, -0.2) is 0 Å². The van der Waals surface area contributed by atoms with Crippen molar-refractivity contribution in [2.45, 2.75) is 12.5 Å². The van der Waals surface area contributed by atoms with Crippen LogP contribution in [-0.4, -0.2) is 46.3 Å². The van der Waals surface area contributed by atoms with Crippen molar-refractivity contribution >= 4 is 33.8 Å². The smallest absolute Gasteiger partial charge is 0.306 e. The lowest BCUT2D eigenvalue weighted by Gasteiger charge is -2.22. The molecule has 0 fully saturated rings. The normalized spacial score (nSPS) is 12.3. The highest BCUT2D eigenvalue weighted by Gasteiger charge is 2.17. The first-order chi connectivity index (χ1) is 17.2. The molecule has 0 aliphatic rings. The topological polar surface area (TPSA) is 113 Å². The second kappa shape index (κ2) is 12.1. The number of carboxylic acid groups (broad SMARTS) is 1. The maximum absolute atomic E-state index is 13.3. The molecule has 9 heteroatoms. The van der Waals surface area contributed by atoms with Gasteiger partial charge in [0.2, 0.25) is 0 Å². The van der Waals surface area contributed by atoms with Gasteiger partial charge in [0.25, 0.3) is 5.91 Å². The van der Waals surface area contributed by atoms with Gasteiger partial charge in [0, 0.05) is 31.3 Å². The molecule has 8 nitrogen and oxygen atoms in total. The monoisotopic (exact) mass is 508 g/mol. The number of carboxylic acids is 1. The highest BCUT2D eigenvalue weighted by atomic mass is 32.2. The summed E-state index contributed by atoms with van der Waals surface area (Å²) in [6.07, 6.45) is 3.69. The Labute approximate surface area is 210 Å². The lowest BCUT2D eigenvalue weighted by molar-refractivity contribution is -0.315. The van der Waals surface area contributed by atoms with Crippen LogP contribution in [0.5, 0.6) is 5.75 Å². The third-order valence-corrected chi connectivity index (χ3v) is 5.70. The van der Waals surface area contributed by atoms with Crippen molar-refractivity contribution in [3.8, 4) is 5.75 Å².